The SMILES string of the molecule is CCNC(=O)c1ccc(Cl)c(S(=O)(=O)N2CCCC2)c1. The van der Waals surface area contributed by atoms with Crippen LogP contribution < -0.4 is 5.32 Å². The van der Waals surface area contributed by atoms with Gasteiger partial charge < -0.3 is 5.32 Å². The Bertz CT molecular complexity index is 610. The quantitative estimate of drug-likeness (QED) is 0.922. The zero-order chi connectivity index (χ0) is 14.8. The Morgan fingerprint density at radius 1 is 1.35 bits per heavy atom. The molecule has 1 amide bonds. The molecule has 1 saturated heterocycles. The van der Waals surface area contributed by atoms with E-state index in [4.69, 9.17) is 11.6 Å². The lowest BCUT2D eigenvalue weighted by molar-refractivity contribution is 0.0955. The van der Waals surface area contributed by atoms with Crippen LogP contribution in [-0.2, 0) is 10.0 Å². The highest BCUT2D eigenvalue weighted by atomic mass is 35.5. The first kappa shape index (κ1) is 15.3. The van der Waals surface area contributed by atoms with Gasteiger partial charge in [0.05, 0.1) is 5.02 Å². The van der Waals surface area contributed by atoms with Crippen LogP contribution in [0.5, 0.6) is 0 Å². The summed E-state index contributed by atoms with van der Waals surface area (Å²) in [6, 6.07) is 4.33. The Morgan fingerprint density at radius 2 is 2.00 bits per heavy atom. The molecule has 0 bridgehead atoms. The van der Waals surface area contributed by atoms with Crippen molar-refractivity contribution >= 4 is 27.5 Å². The van der Waals surface area contributed by atoms with Gasteiger partial charge in [-0.05, 0) is 38.0 Å². The molecule has 2 rings (SSSR count). The lowest BCUT2D eigenvalue weighted by Crippen LogP contribution is -2.29. The Labute approximate surface area is 124 Å². The van der Waals surface area contributed by atoms with Gasteiger partial charge >= 0.3 is 0 Å². The van der Waals surface area contributed by atoms with E-state index in [0.717, 1.165) is 12.8 Å². The summed E-state index contributed by atoms with van der Waals surface area (Å²) >= 11 is 6.00. The lowest BCUT2D eigenvalue weighted by Gasteiger charge is -2.17. The van der Waals surface area contributed by atoms with Crippen molar-refractivity contribution in [1.29, 1.82) is 0 Å². The topological polar surface area (TPSA) is 66.5 Å². The van der Waals surface area contributed by atoms with Gasteiger partial charge in [0.25, 0.3) is 5.91 Å². The highest BCUT2D eigenvalue weighted by Gasteiger charge is 2.29. The fraction of sp³-hybridized carbons (Fsp3) is 0.462. The third-order valence-electron chi connectivity index (χ3n) is 3.21. The van der Waals surface area contributed by atoms with Crippen molar-refractivity contribution in [1.82, 2.24) is 9.62 Å². The Kier molecular flexibility index (Phi) is 4.67. The zero-order valence-electron chi connectivity index (χ0n) is 11.2. The molecule has 1 fully saturated rings. The molecule has 5 nitrogen and oxygen atoms in total. The minimum atomic E-state index is -3.62. The van der Waals surface area contributed by atoms with Crippen LogP contribution in [0.4, 0.5) is 0 Å². The summed E-state index contributed by atoms with van der Waals surface area (Å²) in [6.07, 6.45) is 1.71. The number of rotatable bonds is 4. The molecule has 1 N–H and O–H groups in total. The number of nitrogens with zero attached hydrogens (tertiary/aromatic N) is 1. The fourth-order valence-electron chi connectivity index (χ4n) is 2.17. The summed E-state index contributed by atoms with van der Waals surface area (Å²) in [5.74, 6) is -0.304. The number of benzene rings is 1. The van der Waals surface area contributed by atoms with Crippen LogP contribution in [-0.4, -0.2) is 38.3 Å². The average molecular weight is 317 g/mol. The molecule has 0 radical (unpaired) electrons. The van der Waals surface area contributed by atoms with Crippen molar-refractivity contribution in [3.63, 3.8) is 0 Å². The van der Waals surface area contributed by atoms with Gasteiger partial charge in [-0.2, -0.15) is 4.31 Å². The van der Waals surface area contributed by atoms with E-state index >= 15 is 0 Å². The molecule has 1 aliphatic heterocycles. The van der Waals surface area contributed by atoms with E-state index in [-0.39, 0.29) is 15.8 Å². The molecule has 1 aromatic rings. The second kappa shape index (κ2) is 6.11. The van der Waals surface area contributed by atoms with Gasteiger partial charge in [-0.1, -0.05) is 11.6 Å². The van der Waals surface area contributed by atoms with Gasteiger partial charge in [0.2, 0.25) is 10.0 Å². The summed E-state index contributed by atoms with van der Waals surface area (Å²) in [5.41, 5.74) is 0.300. The number of hydrogen-bond acceptors (Lipinski definition) is 3. The predicted octanol–water partition coefficient (Wildman–Crippen LogP) is 1.87. The van der Waals surface area contributed by atoms with E-state index in [9.17, 15) is 13.2 Å². The fourth-order valence-corrected chi connectivity index (χ4v) is 4.19. The number of nitrogens with one attached hydrogen (secondary N) is 1. The molecule has 0 unspecified atom stereocenters. The van der Waals surface area contributed by atoms with Gasteiger partial charge in [-0.3, -0.25) is 4.79 Å². The summed E-state index contributed by atoms with van der Waals surface area (Å²) < 4.78 is 26.4. The molecule has 1 heterocycles. The van der Waals surface area contributed by atoms with Crippen molar-refractivity contribution in [3.05, 3.63) is 28.8 Å². The first-order valence-corrected chi connectivity index (χ1v) is 8.36. The summed E-state index contributed by atoms with van der Waals surface area (Å²) in [7, 11) is -3.62. The summed E-state index contributed by atoms with van der Waals surface area (Å²) in [6.45, 7) is 3.29. The molecule has 20 heavy (non-hydrogen) atoms. The van der Waals surface area contributed by atoms with Crippen molar-refractivity contribution in [2.75, 3.05) is 19.6 Å². The van der Waals surface area contributed by atoms with E-state index in [0.29, 0.717) is 25.2 Å². The molecule has 0 saturated carbocycles. The number of hydrogen-bond donors (Lipinski definition) is 1. The number of sulfonamides is 1. The van der Waals surface area contributed by atoms with Crippen LogP contribution in [0.25, 0.3) is 0 Å². The molecular weight excluding hydrogens is 300 g/mol. The first-order valence-electron chi connectivity index (χ1n) is 6.54. The minimum Gasteiger partial charge on any atom is -0.352 e. The first-order chi connectivity index (χ1) is 9.46. The van der Waals surface area contributed by atoms with E-state index in [2.05, 4.69) is 5.32 Å². The standard InChI is InChI=1S/C13H17ClN2O3S/c1-2-15-13(17)10-5-6-11(14)12(9-10)20(18,19)16-7-3-4-8-16/h5-6,9H,2-4,7-8H2,1H3,(H,15,17). The van der Waals surface area contributed by atoms with Gasteiger partial charge in [0.1, 0.15) is 4.90 Å². The molecule has 0 spiro atoms. The Morgan fingerprint density at radius 3 is 2.60 bits per heavy atom. The van der Waals surface area contributed by atoms with Gasteiger partial charge in [0.15, 0.2) is 0 Å². The minimum absolute atomic E-state index is 0.00446. The largest absolute Gasteiger partial charge is 0.352 e. The molecule has 7 heteroatoms. The maximum absolute atomic E-state index is 12.5. The van der Waals surface area contributed by atoms with Gasteiger partial charge in [0, 0.05) is 25.2 Å². The van der Waals surface area contributed by atoms with Gasteiger partial charge in [-0.15, -0.1) is 0 Å². The Hall–Kier alpha value is -1.11. The van der Waals surface area contributed by atoms with Crippen molar-refractivity contribution in [3.8, 4) is 0 Å². The molecule has 1 aromatic carbocycles. The van der Waals surface area contributed by atoms with Crippen LogP contribution in [0, 0.1) is 0 Å². The number of halogens is 1. The van der Waals surface area contributed by atoms with Crippen LogP contribution in [0.1, 0.15) is 30.1 Å². The second-order valence-corrected chi connectivity index (χ2v) is 6.93. The number of amides is 1. The summed E-state index contributed by atoms with van der Waals surface area (Å²) in [5, 5.41) is 2.78. The maximum Gasteiger partial charge on any atom is 0.251 e. The highest BCUT2D eigenvalue weighted by molar-refractivity contribution is 7.89. The second-order valence-electron chi connectivity index (χ2n) is 4.62. The molecule has 0 aliphatic carbocycles. The van der Waals surface area contributed by atoms with E-state index in [1.165, 1.54) is 22.5 Å². The van der Waals surface area contributed by atoms with Crippen LogP contribution in [0.2, 0.25) is 5.02 Å². The Balaban J connectivity index is 2.40. The lowest BCUT2D eigenvalue weighted by atomic mass is 10.2. The number of carbonyl (C=O) groups is 1. The summed E-state index contributed by atoms with van der Waals surface area (Å²) in [4.78, 5) is 11.8. The molecular formula is C13H17ClN2O3S. The normalized spacial score (nSPS) is 16.3. The molecule has 110 valence electrons. The predicted molar refractivity (Wildman–Crippen MR) is 77.5 cm³/mol. The van der Waals surface area contributed by atoms with Crippen LogP contribution >= 0.6 is 11.6 Å². The van der Waals surface area contributed by atoms with E-state index < -0.39 is 10.0 Å². The highest BCUT2D eigenvalue weighted by Crippen LogP contribution is 2.28. The average Bonchev–Trinajstić information content (AvgIpc) is 2.93. The molecule has 0 aromatic heterocycles. The van der Waals surface area contributed by atoms with E-state index in [1.807, 2.05) is 0 Å². The smallest absolute Gasteiger partial charge is 0.251 e. The van der Waals surface area contributed by atoms with Crippen molar-refractivity contribution < 1.29 is 13.2 Å². The molecule has 0 atom stereocenters. The van der Waals surface area contributed by atoms with Crippen molar-refractivity contribution in [2.45, 2.75) is 24.7 Å². The molecule has 1 aliphatic rings. The maximum atomic E-state index is 12.5. The van der Waals surface area contributed by atoms with E-state index in [1.54, 1.807) is 6.92 Å². The van der Waals surface area contributed by atoms with Crippen molar-refractivity contribution in [2.24, 2.45) is 0 Å². The third-order valence-corrected chi connectivity index (χ3v) is 5.59. The third kappa shape index (κ3) is 2.97. The van der Waals surface area contributed by atoms with Gasteiger partial charge in [-0.25, -0.2) is 8.42 Å². The zero-order valence-corrected chi connectivity index (χ0v) is 12.8. The number of carbonyl (C=O) groups excluding carboxylic acids is 1. The monoisotopic (exact) mass is 316 g/mol. The van der Waals surface area contributed by atoms with Crippen LogP contribution in [0.3, 0.4) is 0 Å². The van der Waals surface area contributed by atoms with Crippen LogP contribution in [0.15, 0.2) is 23.1 Å².